The van der Waals surface area contributed by atoms with Crippen molar-refractivity contribution in [2.24, 2.45) is 5.92 Å². The molecule has 1 saturated carbocycles. The quantitative estimate of drug-likeness (QED) is 0.542. The lowest BCUT2D eigenvalue weighted by atomic mass is 9.77. The second-order valence-electron chi connectivity index (χ2n) is 6.32. The van der Waals surface area contributed by atoms with Crippen LogP contribution >= 0.6 is 15.9 Å². The molecule has 0 aromatic heterocycles. The van der Waals surface area contributed by atoms with Crippen LogP contribution in [0.2, 0.25) is 0 Å². The normalized spacial score (nSPS) is 21.7. The van der Waals surface area contributed by atoms with Gasteiger partial charge in [0.25, 0.3) is 0 Å². The Morgan fingerprint density at radius 1 is 0.818 bits per heavy atom. The highest BCUT2D eigenvalue weighted by molar-refractivity contribution is 9.09. The molecular formula is C20H22BrF. The molecule has 0 radical (unpaired) electrons. The molecular weight excluding hydrogens is 339 g/mol. The zero-order valence-corrected chi connectivity index (χ0v) is 14.4. The molecule has 0 bridgehead atoms. The summed E-state index contributed by atoms with van der Waals surface area (Å²) in [5.74, 6) is 1.45. The van der Waals surface area contributed by atoms with E-state index in [9.17, 15) is 4.39 Å². The first-order valence-corrected chi connectivity index (χ1v) is 9.30. The van der Waals surface area contributed by atoms with Gasteiger partial charge in [-0.05, 0) is 72.8 Å². The van der Waals surface area contributed by atoms with Crippen LogP contribution in [-0.2, 0) is 0 Å². The number of rotatable bonds is 4. The maximum Gasteiger partial charge on any atom is 0.123 e. The zero-order chi connectivity index (χ0) is 15.4. The topological polar surface area (TPSA) is 0 Å². The molecule has 1 fully saturated rings. The minimum Gasteiger partial charge on any atom is -0.207 e. The maximum atomic E-state index is 13.0. The minimum atomic E-state index is -0.180. The molecule has 2 aromatic carbocycles. The zero-order valence-electron chi connectivity index (χ0n) is 12.8. The van der Waals surface area contributed by atoms with Crippen LogP contribution in [0.25, 0.3) is 11.1 Å². The van der Waals surface area contributed by atoms with Crippen LogP contribution in [0.15, 0.2) is 48.5 Å². The molecule has 1 aliphatic carbocycles. The average Bonchev–Trinajstić information content (AvgIpc) is 2.57. The van der Waals surface area contributed by atoms with Crippen LogP contribution in [0.3, 0.4) is 0 Å². The predicted octanol–water partition coefficient (Wildman–Crippen LogP) is 6.55. The Morgan fingerprint density at radius 3 is 1.91 bits per heavy atom. The molecule has 3 rings (SSSR count). The SMILES string of the molecule is Fc1ccc(-c2ccc(C3CCC(CCBr)CC3)cc2)cc1. The van der Waals surface area contributed by atoms with Gasteiger partial charge in [-0.3, -0.25) is 0 Å². The molecule has 0 amide bonds. The van der Waals surface area contributed by atoms with E-state index in [1.54, 1.807) is 0 Å². The summed E-state index contributed by atoms with van der Waals surface area (Å²) in [6.07, 6.45) is 6.66. The van der Waals surface area contributed by atoms with Crippen molar-refractivity contribution < 1.29 is 4.39 Å². The summed E-state index contributed by atoms with van der Waals surface area (Å²) in [6.45, 7) is 0. The smallest absolute Gasteiger partial charge is 0.123 e. The highest BCUT2D eigenvalue weighted by Crippen LogP contribution is 2.37. The van der Waals surface area contributed by atoms with Crippen molar-refractivity contribution in [2.75, 3.05) is 5.33 Å². The summed E-state index contributed by atoms with van der Waals surface area (Å²) in [6, 6.07) is 15.6. The van der Waals surface area contributed by atoms with Crippen LogP contribution in [0.1, 0.15) is 43.6 Å². The molecule has 2 heteroatoms. The van der Waals surface area contributed by atoms with E-state index < -0.39 is 0 Å². The molecule has 0 nitrogen and oxygen atoms in total. The first-order chi connectivity index (χ1) is 10.8. The highest BCUT2D eigenvalue weighted by atomic mass is 79.9. The summed E-state index contributed by atoms with van der Waals surface area (Å²) in [7, 11) is 0. The summed E-state index contributed by atoms with van der Waals surface area (Å²) in [5.41, 5.74) is 3.70. The van der Waals surface area contributed by atoms with E-state index >= 15 is 0 Å². The second-order valence-corrected chi connectivity index (χ2v) is 7.12. The Hall–Kier alpha value is -1.15. The molecule has 0 heterocycles. The molecule has 2 aromatic rings. The van der Waals surface area contributed by atoms with E-state index in [0.717, 1.165) is 22.4 Å². The van der Waals surface area contributed by atoms with Crippen molar-refractivity contribution in [3.05, 3.63) is 59.9 Å². The van der Waals surface area contributed by atoms with Gasteiger partial charge < -0.3 is 0 Å². The van der Waals surface area contributed by atoms with E-state index in [1.165, 1.54) is 49.8 Å². The highest BCUT2D eigenvalue weighted by Gasteiger charge is 2.21. The number of benzene rings is 2. The van der Waals surface area contributed by atoms with Crippen molar-refractivity contribution in [3.8, 4) is 11.1 Å². The summed E-state index contributed by atoms with van der Waals surface area (Å²) < 4.78 is 13.0. The molecule has 0 atom stereocenters. The lowest BCUT2D eigenvalue weighted by Crippen LogP contribution is -2.13. The molecule has 116 valence electrons. The fourth-order valence-electron chi connectivity index (χ4n) is 3.53. The van der Waals surface area contributed by atoms with Crippen LogP contribution < -0.4 is 0 Å². The summed E-state index contributed by atoms with van der Waals surface area (Å²) in [4.78, 5) is 0. The number of hydrogen-bond donors (Lipinski definition) is 0. The Balaban J connectivity index is 1.66. The predicted molar refractivity (Wildman–Crippen MR) is 94.9 cm³/mol. The van der Waals surface area contributed by atoms with Crippen molar-refractivity contribution >= 4 is 15.9 Å². The summed E-state index contributed by atoms with van der Waals surface area (Å²) in [5, 5.41) is 1.13. The standard InChI is InChI=1S/C20H22BrF/c21-14-13-15-1-3-16(4-2-15)17-5-7-18(8-6-17)19-9-11-20(22)12-10-19/h5-12,15-16H,1-4,13-14H2. The van der Waals surface area contributed by atoms with Gasteiger partial charge in [0, 0.05) is 5.33 Å². The lowest BCUT2D eigenvalue weighted by Gasteiger charge is -2.28. The largest absolute Gasteiger partial charge is 0.207 e. The Bertz CT molecular complexity index is 580. The van der Waals surface area contributed by atoms with Gasteiger partial charge in [0.05, 0.1) is 0 Å². The lowest BCUT2D eigenvalue weighted by molar-refractivity contribution is 0.321. The fraction of sp³-hybridized carbons (Fsp3) is 0.400. The second kappa shape index (κ2) is 7.41. The van der Waals surface area contributed by atoms with Gasteiger partial charge in [-0.25, -0.2) is 4.39 Å². The fourth-order valence-corrected chi connectivity index (χ4v) is 4.18. The van der Waals surface area contributed by atoms with E-state index in [1.807, 2.05) is 12.1 Å². The van der Waals surface area contributed by atoms with Crippen LogP contribution in [0, 0.1) is 11.7 Å². The molecule has 0 unspecified atom stereocenters. The van der Waals surface area contributed by atoms with E-state index in [2.05, 4.69) is 40.2 Å². The number of halogens is 2. The van der Waals surface area contributed by atoms with Crippen LogP contribution in [-0.4, -0.2) is 5.33 Å². The van der Waals surface area contributed by atoms with Gasteiger partial charge >= 0.3 is 0 Å². The molecule has 22 heavy (non-hydrogen) atoms. The summed E-state index contributed by atoms with van der Waals surface area (Å²) >= 11 is 3.56. The first-order valence-electron chi connectivity index (χ1n) is 8.18. The Kier molecular flexibility index (Phi) is 5.30. The van der Waals surface area contributed by atoms with Gasteiger partial charge in [-0.2, -0.15) is 0 Å². The van der Waals surface area contributed by atoms with Gasteiger partial charge in [0.1, 0.15) is 5.82 Å². The van der Waals surface area contributed by atoms with Gasteiger partial charge in [-0.15, -0.1) is 0 Å². The Labute approximate surface area is 140 Å². The van der Waals surface area contributed by atoms with Crippen LogP contribution in [0.4, 0.5) is 4.39 Å². The van der Waals surface area contributed by atoms with Gasteiger partial charge in [-0.1, -0.05) is 52.3 Å². The first kappa shape index (κ1) is 15.7. The van der Waals surface area contributed by atoms with E-state index in [4.69, 9.17) is 0 Å². The molecule has 0 N–H and O–H groups in total. The minimum absolute atomic E-state index is 0.180. The van der Waals surface area contributed by atoms with Crippen molar-refractivity contribution in [1.29, 1.82) is 0 Å². The van der Waals surface area contributed by atoms with Gasteiger partial charge in [0.2, 0.25) is 0 Å². The molecule has 0 aliphatic heterocycles. The van der Waals surface area contributed by atoms with Crippen molar-refractivity contribution in [3.63, 3.8) is 0 Å². The monoisotopic (exact) mass is 360 g/mol. The molecule has 0 saturated heterocycles. The van der Waals surface area contributed by atoms with Crippen molar-refractivity contribution in [2.45, 2.75) is 38.0 Å². The van der Waals surface area contributed by atoms with Gasteiger partial charge in [0.15, 0.2) is 0 Å². The maximum absolute atomic E-state index is 13.0. The van der Waals surface area contributed by atoms with Crippen LogP contribution in [0.5, 0.6) is 0 Å². The Morgan fingerprint density at radius 2 is 1.36 bits per heavy atom. The number of alkyl halides is 1. The number of hydrogen-bond acceptors (Lipinski definition) is 0. The third-order valence-corrected chi connectivity index (χ3v) is 5.38. The third-order valence-electron chi connectivity index (χ3n) is 4.92. The van der Waals surface area contributed by atoms with Crippen molar-refractivity contribution in [1.82, 2.24) is 0 Å². The molecule has 1 aliphatic rings. The third kappa shape index (κ3) is 3.78. The van der Waals surface area contributed by atoms with E-state index in [0.29, 0.717) is 5.92 Å². The van der Waals surface area contributed by atoms with E-state index in [-0.39, 0.29) is 5.82 Å². The molecule has 0 spiro atoms. The average molecular weight is 361 g/mol.